The summed E-state index contributed by atoms with van der Waals surface area (Å²) in [5.41, 5.74) is 0.480. The average Bonchev–Trinajstić information content (AvgIpc) is 2.33. The molecule has 16 heavy (non-hydrogen) atoms. The van der Waals surface area contributed by atoms with Crippen molar-refractivity contribution in [3.05, 3.63) is 28.7 Å². The molecule has 0 aromatic heterocycles. The van der Waals surface area contributed by atoms with Crippen LogP contribution in [0.15, 0.2) is 28.7 Å². The highest BCUT2D eigenvalue weighted by Gasteiger charge is 2.32. The average molecular weight is 281 g/mol. The SMILES string of the molecule is N#CC1(Nc2ccccc2Br)CCOCC1. The molecule has 1 aromatic carbocycles. The Balaban J connectivity index is 2.19. The molecule has 1 aromatic rings. The van der Waals surface area contributed by atoms with Crippen LogP contribution in [0.1, 0.15) is 12.8 Å². The minimum Gasteiger partial charge on any atom is -0.381 e. The van der Waals surface area contributed by atoms with Crippen LogP contribution in [0.2, 0.25) is 0 Å². The van der Waals surface area contributed by atoms with E-state index >= 15 is 0 Å². The van der Waals surface area contributed by atoms with Crippen LogP contribution in [0.3, 0.4) is 0 Å². The van der Waals surface area contributed by atoms with Crippen LogP contribution in [-0.2, 0) is 4.74 Å². The molecular weight excluding hydrogens is 268 g/mol. The molecule has 0 spiro atoms. The number of benzene rings is 1. The molecule has 0 unspecified atom stereocenters. The Morgan fingerprint density at radius 1 is 1.31 bits per heavy atom. The van der Waals surface area contributed by atoms with Gasteiger partial charge in [-0.1, -0.05) is 12.1 Å². The summed E-state index contributed by atoms with van der Waals surface area (Å²) in [5, 5.41) is 12.6. The molecular formula is C12H13BrN2O. The first-order valence-corrected chi connectivity index (χ1v) is 6.07. The number of hydrogen-bond acceptors (Lipinski definition) is 3. The van der Waals surface area contributed by atoms with E-state index in [-0.39, 0.29) is 0 Å². The highest BCUT2D eigenvalue weighted by molar-refractivity contribution is 9.10. The van der Waals surface area contributed by atoms with Gasteiger partial charge in [-0.05, 0) is 28.1 Å². The third kappa shape index (κ3) is 2.37. The zero-order valence-corrected chi connectivity index (χ0v) is 10.5. The van der Waals surface area contributed by atoms with Crippen molar-refractivity contribution in [2.24, 2.45) is 0 Å². The predicted molar refractivity (Wildman–Crippen MR) is 66.2 cm³/mol. The molecule has 1 fully saturated rings. The number of nitrogens with one attached hydrogen (secondary N) is 1. The fourth-order valence-electron chi connectivity index (χ4n) is 1.80. The molecule has 1 N–H and O–H groups in total. The standard InChI is InChI=1S/C12H13BrN2O/c13-10-3-1-2-4-11(10)15-12(9-14)5-7-16-8-6-12/h1-4,15H,5-8H2. The number of nitriles is 1. The third-order valence-electron chi connectivity index (χ3n) is 2.81. The fraction of sp³-hybridized carbons (Fsp3) is 0.417. The van der Waals surface area contributed by atoms with Crippen LogP contribution in [0.5, 0.6) is 0 Å². The van der Waals surface area contributed by atoms with E-state index in [1.54, 1.807) is 0 Å². The second-order valence-corrected chi connectivity index (χ2v) is 4.77. The number of halogens is 1. The summed E-state index contributed by atoms with van der Waals surface area (Å²) < 4.78 is 6.27. The van der Waals surface area contributed by atoms with E-state index in [2.05, 4.69) is 27.3 Å². The third-order valence-corrected chi connectivity index (χ3v) is 3.50. The van der Waals surface area contributed by atoms with Crippen LogP contribution >= 0.6 is 15.9 Å². The van der Waals surface area contributed by atoms with Crippen LogP contribution in [0.25, 0.3) is 0 Å². The van der Waals surface area contributed by atoms with Gasteiger partial charge in [0.05, 0.1) is 6.07 Å². The lowest BCUT2D eigenvalue weighted by atomic mass is 9.91. The van der Waals surface area contributed by atoms with Crippen LogP contribution in [0, 0.1) is 11.3 Å². The van der Waals surface area contributed by atoms with Gasteiger partial charge in [-0.25, -0.2) is 0 Å². The Hall–Kier alpha value is -1.05. The fourth-order valence-corrected chi connectivity index (χ4v) is 2.19. The van der Waals surface area contributed by atoms with Gasteiger partial charge in [-0.15, -0.1) is 0 Å². The summed E-state index contributed by atoms with van der Waals surface area (Å²) >= 11 is 3.47. The van der Waals surface area contributed by atoms with Crippen molar-refractivity contribution in [3.8, 4) is 6.07 Å². The molecule has 0 bridgehead atoms. The van der Waals surface area contributed by atoms with E-state index in [1.807, 2.05) is 24.3 Å². The largest absolute Gasteiger partial charge is 0.381 e. The second-order valence-electron chi connectivity index (χ2n) is 3.91. The maximum Gasteiger partial charge on any atom is 0.129 e. The van der Waals surface area contributed by atoms with Crippen LogP contribution in [0.4, 0.5) is 5.69 Å². The van der Waals surface area contributed by atoms with E-state index in [0.29, 0.717) is 13.2 Å². The van der Waals surface area contributed by atoms with Gasteiger partial charge < -0.3 is 10.1 Å². The maximum atomic E-state index is 9.31. The maximum absolute atomic E-state index is 9.31. The molecule has 0 aliphatic carbocycles. The van der Waals surface area contributed by atoms with Gasteiger partial charge in [0.15, 0.2) is 0 Å². The highest BCUT2D eigenvalue weighted by Crippen LogP contribution is 2.29. The van der Waals surface area contributed by atoms with E-state index < -0.39 is 5.54 Å². The second kappa shape index (κ2) is 4.86. The summed E-state index contributed by atoms with van der Waals surface area (Å²) in [6, 6.07) is 10.2. The number of rotatable bonds is 2. The van der Waals surface area contributed by atoms with E-state index in [9.17, 15) is 5.26 Å². The van der Waals surface area contributed by atoms with Gasteiger partial charge in [0.2, 0.25) is 0 Å². The van der Waals surface area contributed by atoms with Crippen molar-refractivity contribution in [1.29, 1.82) is 5.26 Å². The van der Waals surface area contributed by atoms with Gasteiger partial charge in [-0.3, -0.25) is 0 Å². The summed E-state index contributed by atoms with van der Waals surface area (Å²) in [6.07, 6.45) is 1.45. The van der Waals surface area contributed by atoms with Gasteiger partial charge in [0.1, 0.15) is 5.54 Å². The summed E-state index contributed by atoms with van der Waals surface area (Å²) in [6.45, 7) is 1.29. The van der Waals surface area contributed by atoms with Crippen molar-refractivity contribution < 1.29 is 4.74 Å². The molecule has 84 valence electrons. The van der Waals surface area contributed by atoms with Crippen molar-refractivity contribution in [2.75, 3.05) is 18.5 Å². The lowest BCUT2D eigenvalue weighted by molar-refractivity contribution is 0.0753. The molecule has 1 aliphatic heterocycles. The smallest absolute Gasteiger partial charge is 0.129 e. The highest BCUT2D eigenvalue weighted by atomic mass is 79.9. The van der Waals surface area contributed by atoms with E-state index in [1.165, 1.54) is 0 Å². The first-order valence-electron chi connectivity index (χ1n) is 5.27. The Morgan fingerprint density at radius 3 is 2.62 bits per heavy atom. The van der Waals surface area contributed by atoms with Crippen molar-refractivity contribution in [3.63, 3.8) is 0 Å². The first-order chi connectivity index (χ1) is 7.76. The number of nitrogens with zero attached hydrogens (tertiary/aromatic N) is 1. The normalized spacial score (nSPS) is 18.8. The lowest BCUT2D eigenvalue weighted by Crippen LogP contribution is -2.42. The van der Waals surface area contributed by atoms with Crippen molar-refractivity contribution >= 4 is 21.6 Å². The van der Waals surface area contributed by atoms with Gasteiger partial charge in [0, 0.05) is 36.2 Å². The zero-order valence-electron chi connectivity index (χ0n) is 8.87. The number of ether oxygens (including phenoxy) is 1. The Labute approximate surface area is 104 Å². The van der Waals surface area contributed by atoms with Gasteiger partial charge in [0.25, 0.3) is 0 Å². The summed E-state index contributed by atoms with van der Waals surface area (Å²) in [4.78, 5) is 0. The number of anilines is 1. The summed E-state index contributed by atoms with van der Waals surface area (Å²) in [5.74, 6) is 0. The molecule has 4 heteroatoms. The van der Waals surface area contributed by atoms with E-state index in [4.69, 9.17) is 4.74 Å². The Bertz CT molecular complexity index is 408. The molecule has 1 aliphatic rings. The summed E-state index contributed by atoms with van der Waals surface area (Å²) in [7, 11) is 0. The Morgan fingerprint density at radius 2 is 2.00 bits per heavy atom. The van der Waals surface area contributed by atoms with Gasteiger partial charge >= 0.3 is 0 Å². The number of hydrogen-bond donors (Lipinski definition) is 1. The number of para-hydroxylation sites is 1. The quantitative estimate of drug-likeness (QED) is 0.906. The molecule has 0 atom stereocenters. The van der Waals surface area contributed by atoms with Crippen molar-refractivity contribution in [2.45, 2.75) is 18.4 Å². The van der Waals surface area contributed by atoms with Crippen molar-refractivity contribution in [1.82, 2.24) is 0 Å². The molecule has 0 radical (unpaired) electrons. The molecule has 0 saturated carbocycles. The molecule has 2 rings (SSSR count). The molecule has 1 saturated heterocycles. The lowest BCUT2D eigenvalue weighted by Gasteiger charge is -2.32. The Kier molecular flexibility index (Phi) is 3.47. The van der Waals surface area contributed by atoms with Crippen LogP contribution in [-0.4, -0.2) is 18.8 Å². The molecule has 0 amide bonds. The van der Waals surface area contributed by atoms with E-state index in [0.717, 1.165) is 23.0 Å². The minimum absolute atomic E-state index is 0.484. The monoisotopic (exact) mass is 280 g/mol. The molecule has 1 heterocycles. The predicted octanol–water partition coefficient (Wildman–Crippen LogP) is 2.93. The van der Waals surface area contributed by atoms with Crippen LogP contribution < -0.4 is 5.32 Å². The molecule has 3 nitrogen and oxygen atoms in total. The minimum atomic E-state index is -0.484. The van der Waals surface area contributed by atoms with Gasteiger partial charge in [-0.2, -0.15) is 5.26 Å². The first kappa shape index (κ1) is 11.4. The topological polar surface area (TPSA) is 45.0 Å². The zero-order chi connectivity index (χ0) is 11.4.